The van der Waals surface area contributed by atoms with E-state index in [1.54, 1.807) is 13.1 Å². The normalized spacial score (nSPS) is 16.0. The second kappa shape index (κ2) is 8.70. The van der Waals surface area contributed by atoms with Gasteiger partial charge in [0.05, 0.1) is 6.10 Å². The number of ether oxygens (including phenoxy) is 1. The molecule has 3 rings (SSSR count). The Labute approximate surface area is 137 Å². The molecule has 0 bridgehead atoms. The van der Waals surface area contributed by atoms with Gasteiger partial charge in [0.2, 0.25) is 0 Å². The second-order valence-corrected chi connectivity index (χ2v) is 5.60. The molecule has 5 heteroatoms. The quantitative estimate of drug-likeness (QED) is 0.945. The Hall–Kier alpha value is -1.85. The number of hydrogen-bond acceptors (Lipinski definition) is 4. The fraction of sp³-hybridized carbons (Fsp3) is 0.500. The van der Waals surface area contributed by atoms with Crippen molar-refractivity contribution in [2.45, 2.75) is 25.9 Å². The molecule has 126 valence electrons. The lowest BCUT2D eigenvalue weighted by molar-refractivity contribution is 0.0427. The van der Waals surface area contributed by atoms with E-state index >= 15 is 0 Å². The zero-order valence-corrected chi connectivity index (χ0v) is 14.2. The van der Waals surface area contributed by atoms with Crippen molar-refractivity contribution in [2.75, 3.05) is 33.8 Å². The number of rotatable bonds is 3. The first kappa shape index (κ1) is 17.5. The van der Waals surface area contributed by atoms with E-state index < -0.39 is 0 Å². The fourth-order valence-corrected chi connectivity index (χ4v) is 2.68. The van der Waals surface area contributed by atoms with Gasteiger partial charge in [-0.05, 0) is 31.5 Å². The topological polar surface area (TPSA) is 54.7 Å². The molecule has 2 heterocycles. The van der Waals surface area contributed by atoms with E-state index in [4.69, 9.17) is 9.15 Å². The van der Waals surface area contributed by atoms with Crippen molar-refractivity contribution in [3.63, 3.8) is 0 Å². The predicted molar refractivity (Wildman–Crippen MR) is 91.7 cm³/mol. The van der Waals surface area contributed by atoms with Gasteiger partial charge in [0, 0.05) is 32.6 Å². The van der Waals surface area contributed by atoms with Crippen LogP contribution >= 0.6 is 0 Å². The largest absolute Gasteiger partial charge is 0.451 e. The molecule has 1 aliphatic heterocycles. The van der Waals surface area contributed by atoms with Crippen LogP contribution in [0.1, 0.15) is 30.3 Å². The minimum Gasteiger partial charge on any atom is -0.451 e. The van der Waals surface area contributed by atoms with Crippen LogP contribution in [0.4, 0.5) is 0 Å². The molecule has 0 unspecified atom stereocenters. The highest BCUT2D eigenvalue weighted by Gasteiger charge is 2.16. The van der Waals surface area contributed by atoms with Crippen LogP contribution in [-0.2, 0) is 4.74 Å². The maximum absolute atomic E-state index is 11.2. The molecular weight excluding hydrogens is 292 g/mol. The smallest absolute Gasteiger partial charge is 0.286 e. The van der Waals surface area contributed by atoms with Crippen LogP contribution in [0.15, 0.2) is 34.7 Å². The molecule has 0 spiro atoms. The molecule has 1 N–H and O–H groups in total. The SMILES string of the molecule is CCN1CCC(OC)CC1.CNC(=O)c1cc2ccccc2o1. The standard InChI is InChI=1S/C10H9NO2.C8H17NO/c1-11-10(12)9-6-7-4-2-3-5-8(7)13-9;1-3-9-6-4-8(10-2)5-7-9/h2-6H,1H3,(H,11,12);8H,3-7H2,1-2H3. The number of piperidine rings is 1. The number of methoxy groups -OCH3 is 1. The first-order valence-electron chi connectivity index (χ1n) is 8.13. The van der Waals surface area contributed by atoms with Crippen LogP contribution in [0.3, 0.4) is 0 Å². The number of likely N-dealkylation sites (tertiary alicyclic amines) is 1. The summed E-state index contributed by atoms with van der Waals surface area (Å²) in [5.74, 6) is 0.153. The number of nitrogens with zero attached hydrogens (tertiary/aromatic N) is 1. The van der Waals surface area contributed by atoms with Gasteiger partial charge in [-0.3, -0.25) is 4.79 Å². The van der Waals surface area contributed by atoms with Crippen molar-refractivity contribution >= 4 is 16.9 Å². The lowest BCUT2D eigenvalue weighted by atomic mass is 10.1. The lowest BCUT2D eigenvalue weighted by Gasteiger charge is -2.29. The minimum absolute atomic E-state index is 0.198. The van der Waals surface area contributed by atoms with E-state index in [0.717, 1.165) is 11.0 Å². The van der Waals surface area contributed by atoms with Crippen molar-refractivity contribution in [3.8, 4) is 0 Å². The first-order chi connectivity index (χ1) is 11.2. The van der Waals surface area contributed by atoms with Gasteiger partial charge in [0.25, 0.3) is 5.91 Å². The molecule has 1 aromatic carbocycles. The third-order valence-electron chi connectivity index (χ3n) is 4.19. The highest BCUT2D eigenvalue weighted by atomic mass is 16.5. The molecule has 0 aliphatic carbocycles. The average Bonchev–Trinajstić information content (AvgIpc) is 3.06. The van der Waals surface area contributed by atoms with Gasteiger partial charge in [0.1, 0.15) is 5.58 Å². The van der Waals surface area contributed by atoms with E-state index in [0.29, 0.717) is 11.9 Å². The maximum Gasteiger partial charge on any atom is 0.286 e. The number of carbonyl (C=O) groups is 1. The van der Waals surface area contributed by atoms with Crippen LogP contribution in [0.2, 0.25) is 0 Å². The number of para-hydroxylation sites is 1. The van der Waals surface area contributed by atoms with E-state index in [2.05, 4.69) is 17.1 Å². The molecule has 1 aromatic heterocycles. The van der Waals surface area contributed by atoms with Crippen molar-refractivity contribution < 1.29 is 13.9 Å². The molecule has 0 radical (unpaired) electrons. The number of carbonyl (C=O) groups excluding carboxylic acids is 1. The van der Waals surface area contributed by atoms with Gasteiger partial charge in [-0.25, -0.2) is 0 Å². The lowest BCUT2D eigenvalue weighted by Crippen LogP contribution is -2.36. The summed E-state index contributed by atoms with van der Waals surface area (Å²) in [7, 11) is 3.39. The van der Waals surface area contributed by atoms with Crippen molar-refractivity contribution in [1.29, 1.82) is 0 Å². The van der Waals surface area contributed by atoms with Gasteiger partial charge in [-0.2, -0.15) is 0 Å². The zero-order chi connectivity index (χ0) is 16.7. The summed E-state index contributed by atoms with van der Waals surface area (Å²) in [6.07, 6.45) is 2.96. The number of amides is 1. The number of benzene rings is 1. The molecule has 1 fully saturated rings. The minimum atomic E-state index is -0.198. The summed E-state index contributed by atoms with van der Waals surface area (Å²) < 4.78 is 10.6. The Morgan fingerprint density at radius 2 is 2.04 bits per heavy atom. The number of nitrogens with one attached hydrogen (secondary N) is 1. The highest BCUT2D eigenvalue weighted by Crippen LogP contribution is 2.18. The van der Waals surface area contributed by atoms with Crippen LogP contribution in [0, 0.1) is 0 Å². The van der Waals surface area contributed by atoms with Crippen molar-refractivity contribution in [2.24, 2.45) is 0 Å². The summed E-state index contributed by atoms with van der Waals surface area (Å²) >= 11 is 0. The summed E-state index contributed by atoms with van der Waals surface area (Å²) in [4.78, 5) is 13.6. The molecule has 1 aliphatic rings. The first-order valence-corrected chi connectivity index (χ1v) is 8.13. The predicted octanol–water partition coefficient (Wildman–Crippen LogP) is 2.91. The number of fused-ring (bicyclic) bond motifs is 1. The third kappa shape index (κ3) is 4.81. The van der Waals surface area contributed by atoms with Gasteiger partial charge < -0.3 is 19.4 Å². The van der Waals surface area contributed by atoms with Gasteiger partial charge in [-0.15, -0.1) is 0 Å². The average molecular weight is 318 g/mol. The zero-order valence-electron chi connectivity index (χ0n) is 14.2. The van der Waals surface area contributed by atoms with Crippen molar-refractivity contribution in [3.05, 3.63) is 36.1 Å². The molecule has 0 saturated carbocycles. The summed E-state index contributed by atoms with van der Waals surface area (Å²) in [5.41, 5.74) is 0.737. The monoisotopic (exact) mass is 318 g/mol. The molecule has 2 aromatic rings. The van der Waals surface area contributed by atoms with Gasteiger partial charge in [0.15, 0.2) is 5.76 Å². The molecule has 1 amide bonds. The second-order valence-electron chi connectivity index (χ2n) is 5.60. The van der Waals surface area contributed by atoms with Crippen molar-refractivity contribution in [1.82, 2.24) is 10.2 Å². The van der Waals surface area contributed by atoms with E-state index in [9.17, 15) is 4.79 Å². The molecule has 1 saturated heterocycles. The Morgan fingerprint density at radius 3 is 2.61 bits per heavy atom. The fourth-order valence-electron chi connectivity index (χ4n) is 2.68. The summed E-state index contributed by atoms with van der Waals surface area (Å²) in [5, 5.41) is 3.45. The Kier molecular flexibility index (Phi) is 6.62. The van der Waals surface area contributed by atoms with E-state index in [-0.39, 0.29) is 5.91 Å². The number of hydrogen-bond donors (Lipinski definition) is 1. The Morgan fingerprint density at radius 1 is 1.35 bits per heavy atom. The summed E-state index contributed by atoms with van der Waals surface area (Å²) in [6.45, 7) is 5.84. The summed E-state index contributed by atoms with van der Waals surface area (Å²) in [6, 6.07) is 9.26. The van der Waals surface area contributed by atoms with Gasteiger partial charge in [-0.1, -0.05) is 25.1 Å². The van der Waals surface area contributed by atoms with Crippen LogP contribution in [0.25, 0.3) is 11.0 Å². The highest BCUT2D eigenvalue weighted by molar-refractivity contribution is 5.95. The van der Waals surface area contributed by atoms with E-state index in [1.807, 2.05) is 31.4 Å². The molecule has 23 heavy (non-hydrogen) atoms. The van der Waals surface area contributed by atoms with Crippen LogP contribution in [0.5, 0.6) is 0 Å². The number of furan rings is 1. The Bertz CT molecular complexity index is 571. The maximum atomic E-state index is 11.2. The van der Waals surface area contributed by atoms with Crippen LogP contribution in [-0.4, -0.2) is 50.7 Å². The third-order valence-corrected chi connectivity index (χ3v) is 4.19. The molecular formula is C18H26N2O3. The Balaban J connectivity index is 0.000000174. The molecule has 5 nitrogen and oxygen atoms in total. The molecule has 0 atom stereocenters. The van der Waals surface area contributed by atoms with Crippen LogP contribution < -0.4 is 5.32 Å². The van der Waals surface area contributed by atoms with Gasteiger partial charge >= 0.3 is 0 Å². The van der Waals surface area contributed by atoms with E-state index in [1.165, 1.54) is 32.5 Å².